The topological polar surface area (TPSA) is 3.24 Å². The fourth-order valence-corrected chi connectivity index (χ4v) is 5.78. The van der Waals surface area contributed by atoms with Crippen LogP contribution < -0.4 is 4.90 Å². The summed E-state index contributed by atoms with van der Waals surface area (Å²) in [5.74, 6) is 0. The van der Waals surface area contributed by atoms with Crippen molar-refractivity contribution in [2.45, 2.75) is 79.7 Å². The summed E-state index contributed by atoms with van der Waals surface area (Å²) in [7, 11) is 0. The highest BCUT2D eigenvalue weighted by molar-refractivity contribution is 6.30. The van der Waals surface area contributed by atoms with Crippen molar-refractivity contribution in [3.63, 3.8) is 0 Å². The predicted molar refractivity (Wildman–Crippen MR) is 128 cm³/mol. The summed E-state index contributed by atoms with van der Waals surface area (Å²) in [6, 6.07) is 15.4. The van der Waals surface area contributed by atoms with Crippen LogP contribution in [0.1, 0.15) is 79.0 Å². The molecule has 2 heteroatoms. The third-order valence-electron chi connectivity index (χ3n) is 6.87. The molecule has 0 aliphatic carbocycles. The molecule has 0 bridgehead atoms. The van der Waals surface area contributed by atoms with Gasteiger partial charge < -0.3 is 4.90 Å². The molecule has 0 atom stereocenters. The normalized spacial score (nSPS) is 16.8. The Hall–Kier alpha value is -1.47. The van der Waals surface area contributed by atoms with Gasteiger partial charge in [-0.15, -0.1) is 0 Å². The molecule has 158 valence electrons. The van der Waals surface area contributed by atoms with Gasteiger partial charge in [-0.25, -0.2) is 0 Å². The van der Waals surface area contributed by atoms with Gasteiger partial charge in [0, 0.05) is 28.2 Å². The SMILES string of the molecule is CC(C)(C)N1CC(C(C)(C)C)(C(C)(C)C)c2cc(Cc3cccc(Cl)c3)ccc21. The minimum Gasteiger partial charge on any atom is -0.366 e. The Kier molecular flexibility index (Phi) is 5.40. The number of fused-ring (bicyclic) bond motifs is 1. The number of halogens is 1. The number of anilines is 1. The highest BCUT2D eigenvalue weighted by atomic mass is 35.5. The van der Waals surface area contributed by atoms with E-state index >= 15 is 0 Å². The first kappa shape index (κ1) is 22.2. The molecular formula is C27H38ClN. The molecule has 0 N–H and O–H groups in total. The third-order valence-corrected chi connectivity index (χ3v) is 7.11. The number of hydrogen-bond acceptors (Lipinski definition) is 1. The Bertz CT molecular complexity index is 876. The van der Waals surface area contributed by atoms with Crippen molar-refractivity contribution in [1.29, 1.82) is 0 Å². The van der Waals surface area contributed by atoms with Crippen molar-refractivity contribution >= 4 is 17.3 Å². The van der Waals surface area contributed by atoms with Crippen LogP contribution in [-0.4, -0.2) is 12.1 Å². The van der Waals surface area contributed by atoms with E-state index in [0.29, 0.717) is 0 Å². The molecule has 0 fully saturated rings. The summed E-state index contributed by atoms with van der Waals surface area (Å²) in [6.45, 7) is 22.5. The molecule has 1 aliphatic rings. The number of rotatable bonds is 2. The smallest absolute Gasteiger partial charge is 0.0410 e. The van der Waals surface area contributed by atoms with Gasteiger partial charge in [0.15, 0.2) is 0 Å². The number of benzene rings is 2. The lowest BCUT2D eigenvalue weighted by molar-refractivity contribution is 0.0635. The van der Waals surface area contributed by atoms with Crippen molar-refractivity contribution in [2.75, 3.05) is 11.4 Å². The summed E-state index contributed by atoms with van der Waals surface area (Å²) in [5, 5.41) is 0.807. The highest BCUT2D eigenvalue weighted by Gasteiger charge is 2.58. The van der Waals surface area contributed by atoms with E-state index in [-0.39, 0.29) is 21.8 Å². The van der Waals surface area contributed by atoms with E-state index in [1.165, 1.54) is 22.4 Å². The van der Waals surface area contributed by atoms with Crippen LogP contribution in [-0.2, 0) is 11.8 Å². The molecule has 1 nitrogen and oxygen atoms in total. The summed E-state index contributed by atoms with van der Waals surface area (Å²) in [6.07, 6.45) is 0.910. The molecule has 2 aromatic carbocycles. The average molecular weight is 412 g/mol. The predicted octanol–water partition coefficient (Wildman–Crippen LogP) is 7.88. The fourth-order valence-electron chi connectivity index (χ4n) is 5.57. The maximum Gasteiger partial charge on any atom is 0.0410 e. The molecule has 0 spiro atoms. The van der Waals surface area contributed by atoms with Crippen LogP contribution in [0.15, 0.2) is 42.5 Å². The van der Waals surface area contributed by atoms with Crippen LogP contribution in [0.25, 0.3) is 0 Å². The molecule has 0 aromatic heterocycles. The minimum absolute atomic E-state index is 0.0625. The van der Waals surface area contributed by atoms with Crippen molar-refractivity contribution in [3.8, 4) is 0 Å². The summed E-state index contributed by atoms with van der Waals surface area (Å²) < 4.78 is 0. The van der Waals surface area contributed by atoms with E-state index < -0.39 is 0 Å². The zero-order valence-electron chi connectivity index (χ0n) is 19.8. The quantitative estimate of drug-likeness (QED) is 0.485. The van der Waals surface area contributed by atoms with Crippen LogP contribution >= 0.6 is 11.6 Å². The lowest BCUT2D eigenvalue weighted by Crippen LogP contribution is -2.55. The van der Waals surface area contributed by atoms with E-state index in [9.17, 15) is 0 Å². The van der Waals surface area contributed by atoms with E-state index in [1.54, 1.807) is 0 Å². The third kappa shape index (κ3) is 3.83. The van der Waals surface area contributed by atoms with Gasteiger partial charge in [0.05, 0.1) is 0 Å². The highest BCUT2D eigenvalue weighted by Crippen LogP contribution is 2.60. The lowest BCUT2D eigenvalue weighted by atomic mass is 9.52. The first-order valence-corrected chi connectivity index (χ1v) is 11.2. The van der Waals surface area contributed by atoms with Gasteiger partial charge in [0.2, 0.25) is 0 Å². The molecule has 2 aromatic rings. The van der Waals surface area contributed by atoms with Gasteiger partial charge in [0.1, 0.15) is 0 Å². The second-order valence-electron chi connectivity index (χ2n) is 11.8. The standard InChI is InChI=1S/C27H38ClN/c1-24(2,3)27(25(4,5)6)18-29(26(7,8)9)23-14-13-20(17-22(23)27)15-19-11-10-12-21(28)16-19/h10-14,16-17H,15,18H2,1-9H3. The Morgan fingerprint density at radius 2 is 1.41 bits per heavy atom. The molecule has 0 saturated carbocycles. The van der Waals surface area contributed by atoms with Crippen molar-refractivity contribution in [3.05, 3.63) is 64.2 Å². The summed E-state index contributed by atoms with van der Waals surface area (Å²) in [4.78, 5) is 2.63. The molecular weight excluding hydrogens is 374 g/mol. The van der Waals surface area contributed by atoms with Crippen molar-refractivity contribution in [2.24, 2.45) is 10.8 Å². The summed E-state index contributed by atoms with van der Waals surface area (Å²) >= 11 is 6.23. The van der Waals surface area contributed by atoms with E-state index in [2.05, 4.69) is 97.5 Å². The first-order chi connectivity index (χ1) is 13.2. The molecule has 0 unspecified atom stereocenters. The lowest BCUT2D eigenvalue weighted by Gasteiger charge is -2.53. The van der Waals surface area contributed by atoms with Crippen LogP contribution in [0.2, 0.25) is 5.02 Å². The van der Waals surface area contributed by atoms with Gasteiger partial charge >= 0.3 is 0 Å². The van der Waals surface area contributed by atoms with Crippen LogP contribution in [0.4, 0.5) is 5.69 Å². The van der Waals surface area contributed by atoms with Gasteiger partial charge in [-0.1, -0.05) is 77.4 Å². The molecule has 0 saturated heterocycles. The molecule has 3 rings (SSSR count). The monoisotopic (exact) mass is 411 g/mol. The average Bonchev–Trinajstić information content (AvgIpc) is 2.90. The first-order valence-electron chi connectivity index (χ1n) is 10.8. The second-order valence-corrected chi connectivity index (χ2v) is 12.3. The molecule has 1 heterocycles. The Morgan fingerprint density at radius 3 is 1.93 bits per heavy atom. The number of nitrogens with zero attached hydrogens (tertiary/aromatic N) is 1. The Balaban J connectivity index is 2.19. The van der Waals surface area contributed by atoms with Crippen molar-refractivity contribution < 1.29 is 0 Å². The molecule has 0 radical (unpaired) electrons. The van der Waals surface area contributed by atoms with Crippen LogP contribution in [0.3, 0.4) is 0 Å². The zero-order valence-corrected chi connectivity index (χ0v) is 20.5. The van der Waals surface area contributed by atoms with E-state index in [4.69, 9.17) is 11.6 Å². The maximum absolute atomic E-state index is 6.23. The molecule has 1 aliphatic heterocycles. The van der Waals surface area contributed by atoms with Gasteiger partial charge in [-0.2, -0.15) is 0 Å². The maximum atomic E-state index is 6.23. The van der Waals surface area contributed by atoms with Crippen molar-refractivity contribution in [1.82, 2.24) is 0 Å². The van der Waals surface area contributed by atoms with E-state index in [1.807, 2.05) is 12.1 Å². The van der Waals surface area contributed by atoms with Gasteiger partial charge in [-0.3, -0.25) is 0 Å². The minimum atomic E-state index is 0.0625. The van der Waals surface area contributed by atoms with Gasteiger partial charge in [-0.05, 0) is 72.9 Å². The Labute approximate surface area is 183 Å². The second kappa shape index (κ2) is 7.05. The number of hydrogen-bond donors (Lipinski definition) is 0. The molecule has 29 heavy (non-hydrogen) atoms. The Morgan fingerprint density at radius 1 is 0.828 bits per heavy atom. The molecule has 0 amide bonds. The van der Waals surface area contributed by atoms with Gasteiger partial charge in [0.25, 0.3) is 0 Å². The largest absolute Gasteiger partial charge is 0.366 e. The zero-order chi connectivity index (χ0) is 21.8. The fraction of sp³-hybridized carbons (Fsp3) is 0.556. The van der Waals surface area contributed by atoms with Crippen LogP contribution in [0, 0.1) is 10.8 Å². The van der Waals surface area contributed by atoms with Crippen LogP contribution in [0.5, 0.6) is 0 Å². The van der Waals surface area contributed by atoms with E-state index in [0.717, 1.165) is 18.0 Å². The summed E-state index contributed by atoms with van der Waals surface area (Å²) in [5.41, 5.74) is 5.95.